The van der Waals surface area contributed by atoms with Crippen molar-refractivity contribution < 1.29 is 9.59 Å². The smallest absolute Gasteiger partial charge is 0.242 e. The van der Waals surface area contributed by atoms with E-state index < -0.39 is 6.04 Å². The van der Waals surface area contributed by atoms with Gasteiger partial charge in [0.2, 0.25) is 11.8 Å². The van der Waals surface area contributed by atoms with E-state index in [0.29, 0.717) is 16.6 Å². The molecule has 4 nitrogen and oxygen atoms in total. The molecule has 2 aromatic carbocycles. The Hall–Kier alpha value is -1.21. The summed E-state index contributed by atoms with van der Waals surface area (Å²) in [5.41, 5.74) is 1.96. The first-order valence-electron chi connectivity index (χ1n) is 9.15. The van der Waals surface area contributed by atoms with Crippen LogP contribution < -0.4 is 5.32 Å². The minimum atomic E-state index is -0.592. The van der Waals surface area contributed by atoms with Crippen molar-refractivity contribution in [2.45, 2.75) is 32.2 Å². The number of rotatable bonds is 9. The molecular formula is C21H23BrCl2N2O2S. The first-order valence-corrected chi connectivity index (χ1v) is 11.9. The maximum atomic E-state index is 13.0. The van der Waals surface area contributed by atoms with Crippen LogP contribution in [0.15, 0.2) is 46.9 Å². The van der Waals surface area contributed by atoms with Gasteiger partial charge in [-0.25, -0.2) is 0 Å². The summed E-state index contributed by atoms with van der Waals surface area (Å²) < 4.78 is 1.02. The molecule has 0 aliphatic heterocycles. The Morgan fingerprint density at radius 1 is 1.10 bits per heavy atom. The van der Waals surface area contributed by atoms with E-state index in [1.807, 2.05) is 37.3 Å². The molecule has 29 heavy (non-hydrogen) atoms. The van der Waals surface area contributed by atoms with Crippen LogP contribution >= 0.6 is 50.9 Å². The van der Waals surface area contributed by atoms with Gasteiger partial charge in [-0.05, 0) is 49.2 Å². The maximum absolute atomic E-state index is 13.0. The monoisotopic (exact) mass is 516 g/mol. The maximum Gasteiger partial charge on any atom is 0.242 e. The van der Waals surface area contributed by atoms with E-state index >= 15 is 0 Å². The zero-order chi connectivity index (χ0) is 21.4. The summed E-state index contributed by atoms with van der Waals surface area (Å²) in [4.78, 5) is 26.9. The topological polar surface area (TPSA) is 49.4 Å². The zero-order valence-corrected chi connectivity index (χ0v) is 20.2. The molecule has 1 N–H and O–H groups in total. The molecular weight excluding hydrogens is 495 g/mol. The Labute approximate surface area is 194 Å². The summed E-state index contributed by atoms with van der Waals surface area (Å²) in [7, 11) is 0. The fourth-order valence-electron chi connectivity index (χ4n) is 2.66. The number of amides is 2. The van der Waals surface area contributed by atoms with Gasteiger partial charge in [0.25, 0.3) is 0 Å². The van der Waals surface area contributed by atoms with Crippen LogP contribution in [0.2, 0.25) is 10.0 Å². The predicted molar refractivity (Wildman–Crippen MR) is 125 cm³/mol. The number of benzene rings is 2. The van der Waals surface area contributed by atoms with Gasteiger partial charge < -0.3 is 10.2 Å². The van der Waals surface area contributed by atoms with Crippen molar-refractivity contribution in [1.29, 1.82) is 0 Å². The van der Waals surface area contributed by atoms with Crippen molar-refractivity contribution in [3.05, 3.63) is 68.1 Å². The number of halogens is 3. The van der Waals surface area contributed by atoms with Gasteiger partial charge in [-0.1, -0.05) is 57.3 Å². The fraction of sp³-hybridized carbons (Fsp3) is 0.333. The number of hydrogen-bond acceptors (Lipinski definition) is 3. The van der Waals surface area contributed by atoms with Crippen LogP contribution in [0.5, 0.6) is 0 Å². The molecule has 1 atom stereocenters. The second-order valence-corrected chi connectivity index (χ2v) is 9.18. The van der Waals surface area contributed by atoms with Crippen LogP contribution in [0.4, 0.5) is 0 Å². The van der Waals surface area contributed by atoms with Gasteiger partial charge in [0.15, 0.2) is 0 Å². The Morgan fingerprint density at radius 3 is 2.38 bits per heavy atom. The zero-order valence-electron chi connectivity index (χ0n) is 16.3. The number of carbonyl (C=O) groups excluding carboxylic acids is 2. The quantitative estimate of drug-likeness (QED) is 0.474. The lowest BCUT2D eigenvalue weighted by Gasteiger charge is -2.28. The van der Waals surface area contributed by atoms with Gasteiger partial charge >= 0.3 is 0 Å². The first-order chi connectivity index (χ1) is 13.8. The molecule has 2 amide bonds. The van der Waals surface area contributed by atoms with Gasteiger partial charge in [-0.15, -0.1) is 11.8 Å². The van der Waals surface area contributed by atoms with E-state index in [4.69, 9.17) is 23.2 Å². The summed E-state index contributed by atoms with van der Waals surface area (Å²) >= 11 is 17.0. The molecule has 0 aromatic heterocycles. The minimum Gasteiger partial charge on any atom is -0.355 e. The van der Waals surface area contributed by atoms with Crippen molar-refractivity contribution in [3.8, 4) is 0 Å². The molecule has 2 rings (SSSR count). The highest BCUT2D eigenvalue weighted by atomic mass is 79.9. The molecule has 0 heterocycles. The van der Waals surface area contributed by atoms with Crippen LogP contribution in [-0.4, -0.2) is 35.1 Å². The van der Waals surface area contributed by atoms with E-state index in [1.54, 1.807) is 24.0 Å². The molecule has 0 aliphatic carbocycles. The Morgan fingerprint density at radius 2 is 1.76 bits per heavy atom. The molecule has 2 aromatic rings. The minimum absolute atomic E-state index is 0.100. The highest BCUT2D eigenvalue weighted by Crippen LogP contribution is 2.24. The largest absolute Gasteiger partial charge is 0.355 e. The van der Waals surface area contributed by atoms with Crippen molar-refractivity contribution in [3.63, 3.8) is 0 Å². The Kier molecular flexibility index (Phi) is 9.83. The number of nitrogens with one attached hydrogen (secondary N) is 1. The average molecular weight is 518 g/mol. The molecule has 0 radical (unpaired) electrons. The number of carbonyl (C=O) groups is 2. The highest BCUT2D eigenvalue weighted by molar-refractivity contribution is 9.10. The van der Waals surface area contributed by atoms with E-state index in [-0.39, 0.29) is 24.1 Å². The first kappa shape index (κ1) is 24.1. The number of nitrogens with zero attached hydrogens (tertiary/aromatic N) is 1. The Balaban J connectivity index is 2.07. The van der Waals surface area contributed by atoms with E-state index in [1.165, 1.54) is 11.8 Å². The summed E-state index contributed by atoms with van der Waals surface area (Å²) in [6.07, 6.45) is 0. The van der Waals surface area contributed by atoms with Crippen molar-refractivity contribution >= 4 is 62.7 Å². The van der Waals surface area contributed by atoms with Crippen LogP contribution in [0.25, 0.3) is 0 Å². The van der Waals surface area contributed by atoms with E-state index in [0.717, 1.165) is 21.4 Å². The van der Waals surface area contributed by atoms with E-state index in [2.05, 4.69) is 21.2 Å². The number of thioether (sulfide) groups is 1. The average Bonchev–Trinajstić information content (AvgIpc) is 2.69. The lowest BCUT2D eigenvalue weighted by atomic mass is 10.1. The molecule has 0 unspecified atom stereocenters. The van der Waals surface area contributed by atoms with Gasteiger partial charge in [-0.3, -0.25) is 9.59 Å². The third-order valence-electron chi connectivity index (χ3n) is 4.26. The molecule has 0 saturated carbocycles. The van der Waals surface area contributed by atoms with Gasteiger partial charge in [-0.2, -0.15) is 0 Å². The SMILES string of the molecule is CCNC(=O)[C@@H](C)N(Cc1ccc(Cl)c(Cl)c1)C(=O)CSCc1ccc(Br)cc1. The highest BCUT2D eigenvalue weighted by Gasteiger charge is 2.25. The number of hydrogen-bond donors (Lipinski definition) is 1. The van der Waals surface area contributed by atoms with Gasteiger partial charge in [0.05, 0.1) is 15.8 Å². The van der Waals surface area contributed by atoms with Crippen molar-refractivity contribution in [2.75, 3.05) is 12.3 Å². The summed E-state index contributed by atoms with van der Waals surface area (Å²) in [6, 6.07) is 12.6. The second kappa shape index (κ2) is 11.8. The summed E-state index contributed by atoms with van der Waals surface area (Å²) in [5, 5.41) is 3.66. The molecule has 0 spiro atoms. The fourth-order valence-corrected chi connectivity index (χ4v) is 4.11. The van der Waals surface area contributed by atoms with Crippen molar-refractivity contribution in [1.82, 2.24) is 10.2 Å². The standard InChI is InChI=1S/C21H23BrCl2N2O2S/c1-3-25-21(28)14(2)26(11-16-6-9-18(23)19(24)10-16)20(27)13-29-12-15-4-7-17(22)8-5-15/h4-10,14H,3,11-13H2,1-2H3,(H,25,28)/t14-/m1/s1. The molecule has 156 valence electrons. The second-order valence-electron chi connectivity index (χ2n) is 6.46. The Bertz CT molecular complexity index is 849. The molecule has 0 fully saturated rings. The summed E-state index contributed by atoms with van der Waals surface area (Å²) in [5.74, 6) is 0.715. The molecule has 0 saturated heterocycles. The van der Waals surface area contributed by atoms with Crippen LogP contribution in [0.3, 0.4) is 0 Å². The third kappa shape index (κ3) is 7.52. The predicted octanol–water partition coefficient (Wildman–Crippen LogP) is 5.54. The van der Waals surface area contributed by atoms with Crippen molar-refractivity contribution in [2.24, 2.45) is 0 Å². The van der Waals surface area contributed by atoms with Crippen LogP contribution in [0, 0.1) is 0 Å². The third-order valence-corrected chi connectivity index (χ3v) is 6.52. The lowest BCUT2D eigenvalue weighted by Crippen LogP contribution is -2.48. The number of likely N-dealkylation sites (N-methyl/N-ethyl adjacent to an activating group) is 1. The van der Waals surface area contributed by atoms with Crippen LogP contribution in [0.1, 0.15) is 25.0 Å². The van der Waals surface area contributed by atoms with Gasteiger partial charge in [0, 0.05) is 23.3 Å². The molecule has 0 bridgehead atoms. The molecule has 0 aliphatic rings. The lowest BCUT2D eigenvalue weighted by molar-refractivity contribution is -0.138. The molecule has 8 heteroatoms. The summed E-state index contributed by atoms with van der Waals surface area (Å²) in [6.45, 7) is 4.38. The normalized spacial score (nSPS) is 11.8. The van der Waals surface area contributed by atoms with Crippen LogP contribution in [-0.2, 0) is 21.9 Å². The van der Waals surface area contributed by atoms with E-state index in [9.17, 15) is 9.59 Å². The van der Waals surface area contributed by atoms with Gasteiger partial charge in [0.1, 0.15) is 6.04 Å².